The van der Waals surface area contributed by atoms with Gasteiger partial charge in [-0.25, -0.2) is 4.79 Å². The van der Waals surface area contributed by atoms with Gasteiger partial charge in [0, 0.05) is 5.69 Å². The van der Waals surface area contributed by atoms with Crippen molar-refractivity contribution in [3.8, 4) is 0 Å². The third-order valence-corrected chi connectivity index (χ3v) is 3.37. The fourth-order valence-corrected chi connectivity index (χ4v) is 2.07. The molecule has 2 rings (SSSR count). The monoisotopic (exact) mass is 283 g/mol. The van der Waals surface area contributed by atoms with Crippen LogP contribution in [0.5, 0.6) is 0 Å². The lowest BCUT2D eigenvalue weighted by Crippen LogP contribution is -2.16. The Labute approximate surface area is 123 Å². The quantitative estimate of drug-likeness (QED) is 0.905. The smallest absolute Gasteiger partial charge is 0.335 e. The van der Waals surface area contributed by atoms with Crippen LogP contribution in [-0.2, 0) is 11.2 Å². The average molecular weight is 283 g/mol. The maximum absolute atomic E-state index is 12.1. The van der Waals surface area contributed by atoms with Crippen molar-refractivity contribution >= 4 is 17.6 Å². The molecule has 0 atom stereocenters. The van der Waals surface area contributed by atoms with E-state index in [0.717, 1.165) is 16.7 Å². The van der Waals surface area contributed by atoms with Crippen molar-refractivity contribution in [1.29, 1.82) is 0 Å². The van der Waals surface area contributed by atoms with Gasteiger partial charge >= 0.3 is 5.97 Å². The first-order valence-electron chi connectivity index (χ1n) is 6.65. The number of carbonyl (C=O) groups is 2. The lowest BCUT2D eigenvalue weighted by atomic mass is 10.1. The van der Waals surface area contributed by atoms with Crippen LogP contribution in [0.25, 0.3) is 0 Å². The van der Waals surface area contributed by atoms with E-state index < -0.39 is 5.97 Å². The molecule has 0 saturated carbocycles. The number of carbonyl (C=O) groups excluding carboxylic acids is 1. The normalized spacial score (nSPS) is 10.2. The molecule has 0 aromatic heterocycles. The van der Waals surface area contributed by atoms with E-state index in [1.165, 1.54) is 12.1 Å². The number of anilines is 1. The van der Waals surface area contributed by atoms with Gasteiger partial charge in [0.05, 0.1) is 12.0 Å². The zero-order valence-corrected chi connectivity index (χ0v) is 12.0. The second-order valence-corrected chi connectivity index (χ2v) is 4.99. The van der Waals surface area contributed by atoms with Crippen LogP contribution in [0.4, 0.5) is 5.69 Å². The summed E-state index contributed by atoms with van der Waals surface area (Å²) >= 11 is 0. The number of carboxylic acids is 1. The number of hydrogen-bond acceptors (Lipinski definition) is 2. The standard InChI is InChI=1S/C17H17NO3/c1-11-5-3-4-6-13(11)10-16(19)18-15-9-14(17(20)21)8-7-12(15)2/h3-9H,10H2,1-2H3,(H,18,19)(H,20,21). The van der Waals surface area contributed by atoms with Gasteiger partial charge in [-0.1, -0.05) is 30.3 Å². The zero-order valence-electron chi connectivity index (χ0n) is 12.0. The molecular weight excluding hydrogens is 266 g/mol. The number of benzene rings is 2. The van der Waals surface area contributed by atoms with E-state index in [9.17, 15) is 9.59 Å². The molecule has 2 N–H and O–H groups in total. The molecule has 0 saturated heterocycles. The Kier molecular flexibility index (Phi) is 4.38. The summed E-state index contributed by atoms with van der Waals surface area (Å²) in [5, 5.41) is 11.8. The third-order valence-electron chi connectivity index (χ3n) is 3.37. The van der Waals surface area contributed by atoms with Crippen molar-refractivity contribution < 1.29 is 14.7 Å². The van der Waals surface area contributed by atoms with Crippen LogP contribution in [0.15, 0.2) is 42.5 Å². The summed E-state index contributed by atoms with van der Waals surface area (Å²) in [6, 6.07) is 12.4. The third kappa shape index (κ3) is 3.69. The van der Waals surface area contributed by atoms with Crippen LogP contribution >= 0.6 is 0 Å². The van der Waals surface area contributed by atoms with Crippen LogP contribution in [0.1, 0.15) is 27.0 Å². The summed E-state index contributed by atoms with van der Waals surface area (Å²) in [6.07, 6.45) is 0.267. The van der Waals surface area contributed by atoms with E-state index >= 15 is 0 Å². The molecule has 2 aromatic rings. The first-order chi connectivity index (χ1) is 9.97. The highest BCUT2D eigenvalue weighted by molar-refractivity contribution is 5.95. The maximum atomic E-state index is 12.1. The van der Waals surface area contributed by atoms with Gasteiger partial charge in [-0.3, -0.25) is 4.79 Å². The molecule has 1 amide bonds. The highest BCUT2D eigenvalue weighted by Crippen LogP contribution is 2.18. The van der Waals surface area contributed by atoms with Crippen molar-refractivity contribution in [3.63, 3.8) is 0 Å². The summed E-state index contributed by atoms with van der Waals surface area (Å²) < 4.78 is 0. The molecule has 0 bridgehead atoms. The molecule has 21 heavy (non-hydrogen) atoms. The molecule has 0 aliphatic carbocycles. The van der Waals surface area contributed by atoms with Crippen molar-refractivity contribution in [2.75, 3.05) is 5.32 Å². The Morgan fingerprint density at radius 3 is 2.43 bits per heavy atom. The maximum Gasteiger partial charge on any atom is 0.335 e. The summed E-state index contributed by atoms with van der Waals surface area (Å²) in [6.45, 7) is 3.79. The molecule has 0 aliphatic heterocycles. The van der Waals surface area contributed by atoms with Crippen LogP contribution in [0.2, 0.25) is 0 Å². The largest absolute Gasteiger partial charge is 0.478 e. The van der Waals surface area contributed by atoms with Crippen molar-refractivity contribution in [2.24, 2.45) is 0 Å². The Hall–Kier alpha value is -2.62. The van der Waals surface area contributed by atoms with Crippen molar-refractivity contribution in [2.45, 2.75) is 20.3 Å². The number of amides is 1. The molecule has 0 unspecified atom stereocenters. The van der Waals surface area contributed by atoms with E-state index in [2.05, 4.69) is 5.32 Å². The SMILES string of the molecule is Cc1ccccc1CC(=O)Nc1cc(C(=O)O)ccc1C. The molecule has 0 fully saturated rings. The van der Waals surface area contributed by atoms with Gasteiger partial charge in [-0.15, -0.1) is 0 Å². The van der Waals surface area contributed by atoms with Gasteiger partial charge in [-0.05, 0) is 42.7 Å². The van der Waals surface area contributed by atoms with Crippen LogP contribution in [0.3, 0.4) is 0 Å². The molecule has 0 heterocycles. The van der Waals surface area contributed by atoms with E-state index in [1.54, 1.807) is 6.07 Å². The van der Waals surface area contributed by atoms with Gasteiger partial charge in [0.15, 0.2) is 0 Å². The molecular formula is C17H17NO3. The minimum Gasteiger partial charge on any atom is -0.478 e. The second-order valence-electron chi connectivity index (χ2n) is 4.99. The van der Waals surface area contributed by atoms with Crippen LogP contribution in [-0.4, -0.2) is 17.0 Å². The number of aryl methyl sites for hydroxylation is 2. The highest BCUT2D eigenvalue weighted by Gasteiger charge is 2.10. The summed E-state index contributed by atoms with van der Waals surface area (Å²) in [5.74, 6) is -1.17. The van der Waals surface area contributed by atoms with Gasteiger partial charge in [0.1, 0.15) is 0 Å². The van der Waals surface area contributed by atoms with Crippen molar-refractivity contribution in [3.05, 3.63) is 64.7 Å². The van der Waals surface area contributed by atoms with Crippen LogP contribution < -0.4 is 5.32 Å². The minimum absolute atomic E-state index is 0.157. The topological polar surface area (TPSA) is 66.4 Å². The Morgan fingerprint density at radius 2 is 1.76 bits per heavy atom. The molecule has 108 valence electrons. The molecule has 4 heteroatoms. The first kappa shape index (κ1) is 14.8. The van der Waals surface area contributed by atoms with Crippen LogP contribution in [0, 0.1) is 13.8 Å². The summed E-state index contributed by atoms with van der Waals surface area (Å²) in [7, 11) is 0. The van der Waals surface area contributed by atoms with E-state index in [4.69, 9.17) is 5.11 Å². The predicted molar refractivity (Wildman–Crippen MR) is 81.7 cm³/mol. The van der Waals surface area contributed by atoms with Gasteiger partial charge in [0.25, 0.3) is 0 Å². The lowest BCUT2D eigenvalue weighted by molar-refractivity contribution is -0.115. The first-order valence-corrected chi connectivity index (χ1v) is 6.65. The highest BCUT2D eigenvalue weighted by atomic mass is 16.4. The van der Waals surface area contributed by atoms with Gasteiger partial charge in [0.2, 0.25) is 5.91 Å². The Bertz CT molecular complexity index is 692. The number of rotatable bonds is 4. The predicted octanol–water partition coefficient (Wildman–Crippen LogP) is 3.18. The fraction of sp³-hybridized carbons (Fsp3) is 0.176. The number of nitrogens with one attached hydrogen (secondary N) is 1. The minimum atomic E-state index is -1.01. The van der Waals surface area contributed by atoms with E-state index in [-0.39, 0.29) is 17.9 Å². The average Bonchev–Trinajstić information content (AvgIpc) is 2.43. The molecule has 2 aromatic carbocycles. The number of carboxylic acid groups (broad SMARTS) is 1. The van der Waals surface area contributed by atoms with Gasteiger partial charge in [-0.2, -0.15) is 0 Å². The Balaban J connectivity index is 2.15. The van der Waals surface area contributed by atoms with E-state index in [1.807, 2.05) is 38.1 Å². The van der Waals surface area contributed by atoms with Crippen molar-refractivity contribution in [1.82, 2.24) is 0 Å². The number of hydrogen-bond donors (Lipinski definition) is 2. The van der Waals surface area contributed by atoms with Gasteiger partial charge < -0.3 is 10.4 Å². The lowest BCUT2D eigenvalue weighted by Gasteiger charge is -2.10. The summed E-state index contributed by atoms with van der Waals surface area (Å²) in [5.41, 5.74) is 3.55. The molecule has 0 spiro atoms. The fourth-order valence-electron chi connectivity index (χ4n) is 2.07. The molecule has 0 radical (unpaired) electrons. The van der Waals surface area contributed by atoms with E-state index in [0.29, 0.717) is 5.69 Å². The molecule has 4 nitrogen and oxygen atoms in total. The summed E-state index contributed by atoms with van der Waals surface area (Å²) in [4.78, 5) is 23.1. The molecule has 0 aliphatic rings. The second kappa shape index (κ2) is 6.22. The Morgan fingerprint density at radius 1 is 1.05 bits per heavy atom. The number of aromatic carboxylic acids is 1. The zero-order chi connectivity index (χ0) is 15.4.